The zero-order chi connectivity index (χ0) is 46.9. The number of aryl methyl sites for hydroxylation is 1. The Kier molecular flexibility index (Phi) is 8.76. The lowest BCUT2D eigenvalue weighted by Gasteiger charge is -2.44. The van der Waals surface area contributed by atoms with Gasteiger partial charge in [0, 0.05) is 53.5 Å². The van der Waals surface area contributed by atoms with E-state index in [-0.39, 0.29) is 28.4 Å². The van der Waals surface area contributed by atoms with E-state index in [2.05, 4.69) is 221 Å². The highest BCUT2D eigenvalue weighted by Crippen LogP contribution is 2.53. The zero-order valence-corrected chi connectivity index (χ0v) is 42.1. The van der Waals surface area contributed by atoms with Crippen molar-refractivity contribution in [3.8, 4) is 0 Å². The number of fused-ring (bicyclic) bond motifs is 12. The van der Waals surface area contributed by atoms with Crippen molar-refractivity contribution >= 4 is 122 Å². The maximum atomic E-state index is 7.14. The third-order valence-corrected chi connectivity index (χ3v) is 15.9. The van der Waals surface area contributed by atoms with Crippen LogP contribution in [-0.4, -0.2) is 6.71 Å². The molecule has 0 fully saturated rings. The second-order valence-electron chi connectivity index (χ2n) is 23.5. The average Bonchev–Trinajstić information content (AvgIpc) is 3.96. The van der Waals surface area contributed by atoms with Gasteiger partial charge in [-0.15, -0.1) is 11.3 Å². The molecule has 2 aliphatic heterocycles. The summed E-state index contributed by atoms with van der Waals surface area (Å²) in [7, 11) is 0. The van der Waals surface area contributed by atoms with Crippen LogP contribution in [0.4, 0.5) is 34.1 Å². The quantitative estimate of drug-likeness (QED) is 0.162. The van der Waals surface area contributed by atoms with Crippen molar-refractivity contribution in [2.75, 3.05) is 9.80 Å². The highest BCUT2D eigenvalue weighted by atomic mass is 32.1. The molecule has 10 aromatic rings. The first-order valence-electron chi connectivity index (χ1n) is 24.0. The number of anilines is 6. The minimum Gasteiger partial charge on any atom is -0.454 e. The molecule has 0 amide bonds. The molecule has 0 spiro atoms. The minimum absolute atomic E-state index is 0.0207. The van der Waals surface area contributed by atoms with Crippen molar-refractivity contribution < 1.29 is 8.83 Å². The lowest BCUT2D eigenvalue weighted by atomic mass is 9.36. The van der Waals surface area contributed by atoms with Crippen molar-refractivity contribution in [1.82, 2.24) is 0 Å². The lowest BCUT2D eigenvalue weighted by molar-refractivity contribution is 0.590. The highest BCUT2D eigenvalue weighted by Gasteiger charge is 2.47. The summed E-state index contributed by atoms with van der Waals surface area (Å²) in [6.07, 6.45) is 0. The van der Waals surface area contributed by atoms with Gasteiger partial charge in [0.2, 0.25) is 0 Å². The predicted molar refractivity (Wildman–Crippen MR) is 290 cm³/mol. The molecule has 0 saturated carbocycles. The Bertz CT molecular complexity index is 3720. The maximum Gasteiger partial charge on any atom is 0.264 e. The predicted octanol–water partition coefficient (Wildman–Crippen LogP) is 16.3. The molecule has 12 rings (SSSR count). The van der Waals surface area contributed by atoms with Gasteiger partial charge in [-0.3, -0.25) is 0 Å². The molecule has 0 aliphatic carbocycles. The monoisotopic (exact) mass is 894 g/mol. The van der Waals surface area contributed by atoms with E-state index in [0.29, 0.717) is 0 Å². The van der Waals surface area contributed by atoms with E-state index in [1.165, 1.54) is 87.1 Å². The second-order valence-corrected chi connectivity index (χ2v) is 24.6. The molecule has 7 aromatic carbocycles. The molecular weight excluding hydrogens is 836 g/mol. The van der Waals surface area contributed by atoms with E-state index in [9.17, 15) is 0 Å². The molecule has 334 valence electrons. The number of para-hydroxylation sites is 2. The first-order valence-corrected chi connectivity index (χ1v) is 24.9. The molecule has 4 nitrogen and oxygen atoms in total. The third kappa shape index (κ3) is 6.17. The molecule has 5 heterocycles. The largest absolute Gasteiger partial charge is 0.454 e. The SMILES string of the molecule is Cc1cc2c3c(c1)N(c1ccc(C(C)(C)C)c4c1oc1ccccc14)c1c(sc4ccc(C(C)(C)C)cc14)B3c1ccc(C(C)(C)C)cc1N2c1ccc(C(C)(C)C)c2c1oc1ccccc12. The first kappa shape index (κ1) is 42.1. The van der Waals surface area contributed by atoms with Crippen molar-refractivity contribution in [3.63, 3.8) is 0 Å². The Morgan fingerprint density at radius 3 is 1.52 bits per heavy atom. The molecule has 6 heteroatoms. The molecule has 3 aromatic heterocycles. The van der Waals surface area contributed by atoms with E-state index < -0.39 is 0 Å². The van der Waals surface area contributed by atoms with Gasteiger partial charge < -0.3 is 18.6 Å². The highest BCUT2D eigenvalue weighted by molar-refractivity contribution is 7.33. The number of nitrogens with zero attached hydrogens (tertiary/aromatic N) is 2. The lowest BCUT2D eigenvalue weighted by Crippen LogP contribution is -2.60. The van der Waals surface area contributed by atoms with Crippen LogP contribution in [0.1, 0.15) is 111 Å². The van der Waals surface area contributed by atoms with Crippen LogP contribution in [0.2, 0.25) is 0 Å². The van der Waals surface area contributed by atoms with E-state index >= 15 is 0 Å². The number of thiophene rings is 1. The van der Waals surface area contributed by atoms with Gasteiger partial charge in [0.15, 0.2) is 11.2 Å². The summed E-state index contributed by atoms with van der Waals surface area (Å²) in [6, 6.07) is 45.9. The fourth-order valence-electron chi connectivity index (χ4n) is 11.3. The Morgan fingerprint density at radius 1 is 0.463 bits per heavy atom. The summed E-state index contributed by atoms with van der Waals surface area (Å²) in [5.41, 5.74) is 19.2. The van der Waals surface area contributed by atoms with Gasteiger partial charge in [0.05, 0.1) is 17.1 Å². The van der Waals surface area contributed by atoms with Gasteiger partial charge in [-0.05, 0) is 122 Å². The topological polar surface area (TPSA) is 32.8 Å². The molecule has 0 radical (unpaired) electrons. The maximum absolute atomic E-state index is 7.14. The van der Waals surface area contributed by atoms with E-state index in [0.717, 1.165) is 44.5 Å². The van der Waals surface area contributed by atoms with Crippen molar-refractivity contribution in [3.05, 3.63) is 149 Å². The fraction of sp³-hybridized carbons (Fsp3) is 0.279. The molecule has 0 N–H and O–H groups in total. The van der Waals surface area contributed by atoms with Gasteiger partial charge in [-0.1, -0.05) is 150 Å². The normalized spacial score (nSPS) is 14.3. The van der Waals surface area contributed by atoms with Gasteiger partial charge in [0.1, 0.15) is 11.2 Å². The Balaban J connectivity index is 1.24. The molecule has 0 atom stereocenters. The number of benzene rings is 7. The first-order chi connectivity index (χ1) is 31.7. The standard InChI is InChI=1S/C61H59BN2O2S/c1-34-30-46-53-47(31-34)64(44-28-25-41(61(11,12)13)52-38-19-15-17-21-49(38)66-56(44)52)54-39-32-35(58(2,3)4)23-29-50(39)67-57(54)62(53)42-26-22-36(59(5,6)7)33-45(42)63(46)43-27-24-40(60(8,9)10)51-37-18-14-16-20-48(37)65-55(43)51/h14-33H,1-13H3. The van der Waals surface area contributed by atoms with Crippen molar-refractivity contribution in [2.24, 2.45) is 0 Å². The van der Waals surface area contributed by atoms with E-state index in [1.54, 1.807) is 0 Å². The molecular formula is C61H59BN2O2S. The smallest absolute Gasteiger partial charge is 0.264 e. The van der Waals surface area contributed by atoms with Crippen LogP contribution in [0.5, 0.6) is 0 Å². The Hall–Kier alpha value is -6.24. The van der Waals surface area contributed by atoms with Crippen LogP contribution >= 0.6 is 11.3 Å². The summed E-state index contributed by atoms with van der Waals surface area (Å²) in [4.78, 5) is 5.14. The number of hydrogen-bond donors (Lipinski definition) is 0. The van der Waals surface area contributed by atoms with Gasteiger partial charge >= 0.3 is 0 Å². The van der Waals surface area contributed by atoms with Crippen molar-refractivity contribution in [1.29, 1.82) is 0 Å². The summed E-state index contributed by atoms with van der Waals surface area (Å²) in [6.45, 7) is 30.1. The van der Waals surface area contributed by atoms with Crippen LogP contribution in [0, 0.1) is 6.92 Å². The average molecular weight is 895 g/mol. The fourth-order valence-corrected chi connectivity index (χ4v) is 12.6. The summed E-state index contributed by atoms with van der Waals surface area (Å²) < 4.78 is 16.9. The van der Waals surface area contributed by atoms with Crippen LogP contribution in [0.15, 0.2) is 130 Å². The number of furan rings is 2. The van der Waals surface area contributed by atoms with Crippen LogP contribution in [0.3, 0.4) is 0 Å². The molecule has 67 heavy (non-hydrogen) atoms. The number of hydrogen-bond acceptors (Lipinski definition) is 5. The van der Waals surface area contributed by atoms with Crippen LogP contribution < -0.4 is 25.5 Å². The number of rotatable bonds is 2. The minimum atomic E-state index is -0.110. The zero-order valence-electron chi connectivity index (χ0n) is 41.2. The molecule has 0 bridgehead atoms. The van der Waals surface area contributed by atoms with Crippen LogP contribution in [0.25, 0.3) is 54.0 Å². The van der Waals surface area contributed by atoms with Crippen molar-refractivity contribution in [2.45, 2.75) is 112 Å². The third-order valence-electron chi connectivity index (χ3n) is 14.6. The summed E-state index contributed by atoms with van der Waals surface area (Å²) >= 11 is 1.95. The van der Waals surface area contributed by atoms with Crippen LogP contribution in [-0.2, 0) is 21.7 Å². The second kappa shape index (κ2) is 13.9. The molecule has 0 unspecified atom stereocenters. The summed E-state index contributed by atoms with van der Waals surface area (Å²) in [5, 5.41) is 5.96. The Morgan fingerprint density at radius 2 is 0.970 bits per heavy atom. The molecule has 0 saturated heterocycles. The van der Waals surface area contributed by atoms with E-state index in [1.807, 2.05) is 11.3 Å². The molecule has 2 aliphatic rings. The Labute approximate surface area is 399 Å². The van der Waals surface area contributed by atoms with E-state index in [4.69, 9.17) is 8.83 Å². The summed E-state index contributed by atoms with van der Waals surface area (Å²) in [5.74, 6) is 0. The van der Waals surface area contributed by atoms with Gasteiger partial charge in [0.25, 0.3) is 6.71 Å². The van der Waals surface area contributed by atoms with Gasteiger partial charge in [-0.25, -0.2) is 0 Å². The van der Waals surface area contributed by atoms with Gasteiger partial charge in [-0.2, -0.15) is 0 Å².